The maximum absolute atomic E-state index is 12.5. The third kappa shape index (κ3) is 2.14. The van der Waals surface area contributed by atoms with E-state index in [2.05, 4.69) is 6.08 Å². The van der Waals surface area contributed by atoms with Crippen LogP contribution in [0.5, 0.6) is 0 Å². The second kappa shape index (κ2) is 4.99. The van der Waals surface area contributed by atoms with Crippen molar-refractivity contribution >= 4 is 17.5 Å². The summed E-state index contributed by atoms with van der Waals surface area (Å²) in [4.78, 5) is 37.1. The van der Waals surface area contributed by atoms with Crippen molar-refractivity contribution in [2.75, 3.05) is 6.61 Å². The Morgan fingerprint density at radius 3 is 2.65 bits per heavy atom. The van der Waals surface area contributed by atoms with E-state index in [0.717, 1.165) is 18.4 Å². The molecule has 2 heterocycles. The number of ether oxygens (including phenoxy) is 2. The van der Waals surface area contributed by atoms with E-state index in [1.54, 1.807) is 0 Å². The fourth-order valence-corrected chi connectivity index (χ4v) is 3.90. The van der Waals surface area contributed by atoms with Gasteiger partial charge in [-0.25, -0.2) is 0 Å². The lowest BCUT2D eigenvalue weighted by atomic mass is 9.79. The second-order valence-electron chi connectivity index (χ2n) is 6.73. The normalized spacial score (nSPS) is 36.6. The third-order valence-electron chi connectivity index (χ3n) is 5.21. The number of fused-ring (bicyclic) bond motifs is 1. The number of hydrogen-bond donors (Lipinski definition) is 0. The zero-order valence-electron chi connectivity index (χ0n) is 13.0. The third-order valence-corrected chi connectivity index (χ3v) is 5.21. The van der Waals surface area contributed by atoms with Crippen LogP contribution in [-0.4, -0.2) is 35.8 Å². The Hall–Kier alpha value is -2.01. The van der Waals surface area contributed by atoms with E-state index in [0.29, 0.717) is 30.6 Å². The quantitative estimate of drug-likeness (QED) is 0.295. The van der Waals surface area contributed by atoms with E-state index in [1.807, 2.05) is 6.92 Å². The van der Waals surface area contributed by atoms with Crippen LogP contribution in [0.3, 0.4) is 0 Å². The minimum absolute atomic E-state index is 0.179. The van der Waals surface area contributed by atoms with Gasteiger partial charge in [0.05, 0.1) is 18.1 Å². The molecule has 3 unspecified atom stereocenters. The lowest BCUT2D eigenvalue weighted by Crippen LogP contribution is -2.37. The minimum Gasteiger partial charge on any atom is -0.454 e. The van der Waals surface area contributed by atoms with Crippen molar-refractivity contribution < 1.29 is 23.9 Å². The molecule has 0 aromatic carbocycles. The van der Waals surface area contributed by atoms with Gasteiger partial charge in [0.15, 0.2) is 17.7 Å². The fourth-order valence-electron chi connectivity index (χ4n) is 3.90. The summed E-state index contributed by atoms with van der Waals surface area (Å²) in [6.45, 7) is 2.37. The highest BCUT2D eigenvalue weighted by molar-refractivity contribution is 6.21. The maximum atomic E-state index is 12.5. The Morgan fingerprint density at radius 1 is 1.17 bits per heavy atom. The van der Waals surface area contributed by atoms with Gasteiger partial charge >= 0.3 is 5.97 Å². The van der Waals surface area contributed by atoms with E-state index in [1.165, 1.54) is 12.2 Å². The van der Waals surface area contributed by atoms with Crippen LogP contribution in [0.25, 0.3) is 0 Å². The van der Waals surface area contributed by atoms with Crippen LogP contribution in [0.4, 0.5) is 0 Å². The van der Waals surface area contributed by atoms with Gasteiger partial charge in [-0.2, -0.15) is 0 Å². The molecule has 2 aliphatic carbocycles. The van der Waals surface area contributed by atoms with E-state index >= 15 is 0 Å². The molecular weight excluding hydrogens is 296 g/mol. The van der Waals surface area contributed by atoms with Gasteiger partial charge < -0.3 is 9.47 Å². The largest absolute Gasteiger partial charge is 0.454 e. The molecule has 0 amide bonds. The molecule has 2 bridgehead atoms. The molecule has 0 N–H and O–H groups in total. The van der Waals surface area contributed by atoms with Gasteiger partial charge in [-0.1, -0.05) is 11.6 Å². The predicted molar refractivity (Wildman–Crippen MR) is 80.5 cm³/mol. The van der Waals surface area contributed by atoms with Gasteiger partial charge in [-0.15, -0.1) is 0 Å². The van der Waals surface area contributed by atoms with Crippen LogP contribution in [0, 0.1) is 5.92 Å². The van der Waals surface area contributed by atoms with Crippen LogP contribution in [0.1, 0.15) is 32.6 Å². The Balaban J connectivity index is 1.86. The first kappa shape index (κ1) is 14.6. The number of carbonyl (C=O) groups is 3. The molecule has 4 rings (SSSR count). The molecule has 2 saturated heterocycles. The summed E-state index contributed by atoms with van der Waals surface area (Å²) in [5.41, 5.74) is 1.09. The summed E-state index contributed by atoms with van der Waals surface area (Å²) < 4.78 is 11.2. The molecule has 120 valence electrons. The van der Waals surface area contributed by atoms with E-state index in [4.69, 9.17) is 9.47 Å². The molecule has 3 atom stereocenters. The van der Waals surface area contributed by atoms with Crippen LogP contribution in [0.2, 0.25) is 0 Å². The molecule has 23 heavy (non-hydrogen) atoms. The molecule has 5 heteroatoms. The van der Waals surface area contributed by atoms with E-state index in [-0.39, 0.29) is 23.5 Å². The van der Waals surface area contributed by atoms with Crippen LogP contribution < -0.4 is 0 Å². The molecule has 1 spiro atoms. The lowest BCUT2D eigenvalue weighted by molar-refractivity contribution is -0.143. The molecule has 4 aliphatic rings. The zero-order valence-corrected chi connectivity index (χ0v) is 13.0. The molecule has 0 radical (unpaired) electrons. The average molecular weight is 314 g/mol. The topological polar surface area (TPSA) is 73.0 Å². The summed E-state index contributed by atoms with van der Waals surface area (Å²) in [7, 11) is 0. The summed E-state index contributed by atoms with van der Waals surface area (Å²) >= 11 is 0. The maximum Gasteiger partial charge on any atom is 0.312 e. The SMILES string of the molecule is CC1=CCCCC2C(=O)OC(C3=C(C1)C(=O)C=CC3=O)C21CO1. The van der Waals surface area contributed by atoms with Crippen LogP contribution in [-0.2, 0) is 23.9 Å². The first-order valence-corrected chi connectivity index (χ1v) is 8.03. The molecule has 0 aromatic heterocycles. The van der Waals surface area contributed by atoms with Crippen molar-refractivity contribution in [1.29, 1.82) is 0 Å². The fraction of sp³-hybridized carbons (Fsp3) is 0.500. The van der Waals surface area contributed by atoms with Crippen molar-refractivity contribution in [3.8, 4) is 0 Å². The zero-order chi connectivity index (χ0) is 16.2. The Morgan fingerprint density at radius 2 is 1.91 bits per heavy atom. The molecule has 0 saturated carbocycles. The Kier molecular flexibility index (Phi) is 3.17. The highest BCUT2D eigenvalue weighted by Gasteiger charge is 2.68. The van der Waals surface area contributed by atoms with E-state index < -0.39 is 11.7 Å². The van der Waals surface area contributed by atoms with E-state index in [9.17, 15) is 14.4 Å². The van der Waals surface area contributed by atoms with Crippen LogP contribution in [0.15, 0.2) is 34.9 Å². The summed E-state index contributed by atoms with van der Waals surface area (Å²) in [6, 6.07) is 0. The molecular formula is C18H18O5. The van der Waals surface area contributed by atoms with Gasteiger partial charge in [0.1, 0.15) is 5.60 Å². The first-order chi connectivity index (χ1) is 11.0. The van der Waals surface area contributed by atoms with Gasteiger partial charge in [-0.3, -0.25) is 14.4 Å². The first-order valence-electron chi connectivity index (χ1n) is 8.03. The Bertz CT molecular complexity index is 705. The molecule has 0 aromatic rings. The van der Waals surface area contributed by atoms with Crippen molar-refractivity contribution in [2.45, 2.75) is 44.3 Å². The number of allylic oxidation sites excluding steroid dienone is 5. The number of rotatable bonds is 0. The van der Waals surface area contributed by atoms with Gasteiger partial charge in [0.2, 0.25) is 0 Å². The Labute approximate surface area is 134 Å². The number of ketones is 2. The standard InChI is InChI=1S/C18H18O5/c1-10-4-2-3-5-12-17(21)23-16(18(12)9-22-18)15-11(8-10)13(19)6-7-14(15)20/h4,6-7,12,16H,2-3,5,8-9H2,1H3. The van der Waals surface area contributed by atoms with Crippen molar-refractivity contribution in [3.63, 3.8) is 0 Å². The highest BCUT2D eigenvalue weighted by Crippen LogP contribution is 2.51. The molecule has 2 fully saturated rings. The summed E-state index contributed by atoms with van der Waals surface area (Å²) in [6.07, 6.45) is 6.73. The van der Waals surface area contributed by atoms with Gasteiger partial charge in [0, 0.05) is 5.57 Å². The minimum atomic E-state index is -0.748. The monoisotopic (exact) mass is 314 g/mol. The number of carbonyl (C=O) groups excluding carboxylic acids is 3. The predicted octanol–water partition coefficient (Wildman–Crippen LogP) is 1.82. The second-order valence-corrected chi connectivity index (χ2v) is 6.73. The van der Waals surface area contributed by atoms with Crippen molar-refractivity contribution in [3.05, 3.63) is 34.9 Å². The summed E-state index contributed by atoms with van der Waals surface area (Å²) in [5, 5.41) is 0. The van der Waals surface area contributed by atoms with Crippen molar-refractivity contribution in [1.82, 2.24) is 0 Å². The van der Waals surface area contributed by atoms with Gasteiger partial charge in [0.25, 0.3) is 0 Å². The number of hydrogen-bond acceptors (Lipinski definition) is 5. The lowest BCUT2D eigenvalue weighted by Gasteiger charge is -2.22. The smallest absolute Gasteiger partial charge is 0.312 e. The number of epoxide rings is 1. The summed E-state index contributed by atoms with van der Waals surface area (Å²) in [5.74, 6) is -1.08. The number of esters is 1. The van der Waals surface area contributed by atoms with Gasteiger partial charge in [-0.05, 0) is 44.8 Å². The average Bonchev–Trinajstić information content (AvgIpc) is 3.24. The van der Waals surface area contributed by atoms with Crippen LogP contribution >= 0.6 is 0 Å². The molecule has 2 aliphatic heterocycles. The highest BCUT2D eigenvalue weighted by atomic mass is 16.7. The van der Waals surface area contributed by atoms with Crippen molar-refractivity contribution in [2.24, 2.45) is 5.92 Å². The molecule has 5 nitrogen and oxygen atoms in total.